The molecule has 0 spiro atoms. The number of aryl methyl sites for hydroxylation is 1. The molecule has 4 heteroatoms. The maximum Gasteiger partial charge on any atom is 0.336 e. The second-order valence-corrected chi connectivity index (χ2v) is 5.62. The third-order valence-corrected chi connectivity index (χ3v) is 4.00. The quantitative estimate of drug-likeness (QED) is 0.876. The average Bonchev–Trinajstić information content (AvgIpc) is 2.86. The van der Waals surface area contributed by atoms with E-state index < -0.39 is 5.97 Å². The highest BCUT2D eigenvalue weighted by Gasteiger charge is 2.08. The Hall–Kier alpha value is -1.65. The lowest BCUT2D eigenvalue weighted by molar-refractivity contribution is 0.0697. The van der Waals surface area contributed by atoms with Crippen LogP contribution in [0.2, 0.25) is 0 Å². The first-order valence-corrected chi connectivity index (χ1v) is 7.05. The molecule has 2 N–H and O–H groups in total. The predicted molar refractivity (Wildman–Crippen MR) is 77.7 cm³/mol. The van der Waals surface area contributed by atoms with Crippen LogP contribution >= 0.6 is 11.3 Å². The van der Waals surface area contributed by atoms with Gasteiger partial charge >= 0.3 is 5.97 Å². The first-order chi connectivity index (χ1) is 9.06. The van der Waals surface area contributed by atoms with Crippen molar-refractivity contribution in [1.82, 2.24) is 5.32 Å². The van der Waals surface area contributed by atoms with Crippen LogP contribution in [0.5, 0.6) is 0 Å². The van der Waals surface area contributed by atoms with Gasteiger partial charge in [0, 0.05) is 22.8 Å². The summed E-state index contributed by atoms with van der Waals surface area (Å²) in [4.78, 5) is 11.8. The van der Waals surface area contributed by atoms with Crippen LogP contribution in [0.15, 0.2) is 35.7 Å². The first-order valence-electron chi connectivity index (χ1n) is 6.17. The number of aromatic carboxylic acids is 1. The van der Waals surface area contributed by atoms with Crippen molar-refractivity contribution in [3.8, 4) is 0 Å². The second-order valence-electron chi connectivity index (χ2n) is 4.62. The number of carboxylic acids is 1. The van der Waals surface area contributed by atoms with Gasteiger partial charge in [0.05, 0.1) is 5.56 Å². The van der Waals surface area contributed by atoms with Gasteiger partial charge in [-0.2, -0.15) is 0 Å². The molecule has 0 aliphatic rings. The van der Waals surface area contributed by atoms with Gasteiger partial charge in [-0.15, -0.1) is 11.3 Å². The fourth-order valence-corrected chi connectivity index (χ4v) is 2.62. The van der Waals surface area contributed by atoms with E-state index in [0.29, 0.717) is 12.1 Å². The van der Waals surface area contributed by atoms with Gasteiger partial charge in [0.1, 0.15) is 0 Å². The molecule has 0 unspecified atom stereocenters. The van der Waals surface area contributed by atoms with Crippen molar-refractivity contribution in [2.24, 2.45) is 0 Å². The molecule has 0 fully saturated rings. The van der Waals surface area contributed by atoms with Crippen molar-refractivity contribution in [3.63, 3.8) is 0 Å². The lowest BCUT2D eigenvalue weighted by atomic mass is 10.1. The number of hydrogen-bond acceptors (Lipinski definition) is 3. The van der Waals surface area contributed by atoms with Gasteiger partial charge in [-0.3, -0.25) is 0 Å². The first kappa shape index (κ1) is 13.8. The summed E-state index contributed by atoms with van der Waals surface area (Å²) in [5.74, 6) is -0.867. The minimum absolute atomic E-state index is 0.246. The van der Waals surface area contributed by atoms with Gasteiger partial charge in [0.15, 0.2) is 0 Å². The molecule has 3 nitrogen and oxygen atoms in total. The molecule has 1 atom stereocenters. The number of benzene rings is 1. The highest BCUT2D eigenvalue weighted by molar-refractivity contribution is 7.10. The molecule has 19 heavy (non-hydrogen) atoms. The molecule has 0 amide bonds. The fourth-order valence-electron chi connectivity index (χ4n) is 1.81. The van der Waals surface area contributed by atoms with Crippen LogP contribution in [0.4, 0.5) is 0 Å². The third kappa shape index (κ3) is 3.66. The molecule has 0 saturated heterocycles. The Kier molecular flexibility index (Phi) is 4.35. The number of nitrogens with one attached hydrogen (secondary N) is 1. The summed E-state index contributed by atoms with van der Waals surface area (Å²) in [5.41, 5.74) is 2.85. The molecule has 2 aromatic rings. The topological polar surface area (TPSA) is 49.3 Å². The molecule has 100 valence electrons. The van der Waals surface area contributed by atoms with Gasteiger partial charge in [-0.1, -0.05) is 29.8 Å². The van der Waals surface area contributed by atoms with Crippen molar-refractivity contribution in [1.29, 1.82) is 0 Å². The molecule has 0 radical (unpaired) electrons. The van der Waals surface area contributed by atoms with Crippen molar-refractivity contribution in [3.05, 3.63) is 57.3 Å². The van der Waals surface area contributed by atoms with E-state index in [1.807, 2.05) is 0 Å². The molecule has 1 aromatic carbocycles. The highest BCUT2D eigenvalue weighted by Crippen LogP contribution is 2.17. The summed E-state index contributed by atoms with van der Waals surface area (Å²) in [7, 11) is 0. The Bertz CT molecular complexity index is 560. The second kappa shape index (κ2) is 5.99. The third-order valence-electron chi connectivity index (χ3n) is 3.06. The monoisotopic (exact) mass is 275 g/mol. The molecular formula is C15H17NO2S. The Morgan fingerprint density at radius 3 is 2.63 bits per heavy atom. The van der Waals surface area contributed by atoms with Crippen LogP contribution < -0.4 is 5.32 Å². The van der Waals surface area contributed by atoms with Gasteiger partial charge in [-0.05, 0) is 25.5 Å². The van der Waals surface area contributed by atoms with Crippen LogP contribution in [-0.4, -0.2) is 11.1 Å². The molecule has 0 aliphatic heterocycles. The molecule has 1 heterocycles. The average molecular weight is 275 g/mol. The van der Waals surface area contributed by atoms with Crippen molar-refractivity contribution in [2.75, 3.05) is 0 Å². The van der Waals surface area contributed by atoms with Gasteiger partial charge < -0.3 is 10.4 Å². The summed E-state index contributed by atoms with van der Waals surface area (Å²) < 4.78 is 0. The number of thiophene rings is 1. The molecule has 2 rings (SSSR count). The Balaban J connectivity index is 1.94. The van der Waals surface area contributed by atoms with E-state index in [1.54, 1.807) is 11.4 Å². The van der Waals surface area contributed by atoms with E-state index in [2.05, 4.69) is 43.4 Å². The maximum absolute atomic E-state index is 10.8. The lowest BCUT2D eigenvalue weighted by Gasteiger charge is -2.13. The molecule has 0 bridgehead atoms. The van der Waals surface area contributed by atoms with Crippen molar-refractivity contribution < 1.29 is 9.90 Å². The highest BCUT2D eigenvalue weighted by atomic mass is 32.1. The summed E-state index contributed by atoms with van der Waals surface area (Å²) in [6, 6.07) is 10.4. The zero-order chi connectivity index (χ0) is 13.8. The predicted octanol–water partition coefficient (Wildman–Crippen LogP) is 3.61. The zero-order valence-corrected chi connectivity index (χ0v) is 11.8. The zero-order valence-electron chi connectivity index (χ0n) is 11.0. The number of carboxylic acid groups (broad SMARTS) is 1. The van der Waals surface area contributed by atoms with E-state index >= 15 is 0 Å². The minimum atomic E-state index is -0.867. The van der Waals surface area contributed by atoms with E-state index in [-0.39, 0.29) is 6.04 Å². The Morgan fingerprint density at radius 1 is 1.37 bits per heavy atom. The number of rotatable bonds is 5. The minimum Gasteiger partial charge on any atom is -0.478 e. The van der Waals surface area contributed by atoms with E-state index in [0.717, 1.165) is 4.88 Å². The van der Waals surface area contributed by atoms with Gasteiger partial charge in [0.25, 0.3) is 0 Å². The molecule has 1 aromatic heterocycles. The number of carbonyl (C=O) groups is 1. The summed E-state index contributed by atoms with van der Waals surface area (Å²) >= 11 is 1.47. The van der Waals surface area contributed by atoms with Crippen LogP contribution in [-0.2, 0) is 6.54 Å². The van der Waals surface area contributed by atoms with Crippen molar-refractivity contribution >= 4 is 17.3 Å². The largest absolute Gasteiger partial charge is 0.478 e. The Labute approximate surface area is 116 Å². The maximum atomic E-state index is 10.8. The molecule has 0 saturated carbocycles. The van der Waals surface area contributed by atoms with Gasteiger partial charge in [0.2, 0.25) is 0 Å². The molecular weight excluding hydrogens is 258 g/mol. The summed E-state index contributed by atoms with van der Waals surface area (Å²) in [5, 5.41) is 13.9. The van der Waals surface area contributed by atoms with E-state index in [9.17, 15) is 4.79 Å². The lowest BCUT2D eigenvalue weighted by Crippen LogP contribution is -2.17. The van der Waals surface area contributed by atoms with Crippen LogP contribution in [0.25, 0.3) is 0 Å². The fraction of sp³-hybridized carbons (Fsp3) is 0.267. The summed E-state index contributed by atoms with van der Waals surface area (Å²) in [6.07, 6.45) is 0. The Morgan fingerprint density at radius 2 is 2.05 bits per heavy atom. The van der Waals surface area contributed by atoms with Crippen LogP contribution in [0.3, 0.4) is 0 Å². The van der Waals surface area contributed by atoms with Crippen LogP contribution in [0, 0.1) is 6.92 Å². The molecule has 0 aliphatic carbocycles. The smallest absolute Gasteiger partial charge is 0.336 e. The normalized spacial score (nSPS) is 12.3. The SMILES string of the molecule is Cc1ccc([C@H](C)NCc2cc(C(=O)O)cs2)cc1. The summed E-state index contributed by atoms with van der Waals surface area (Å²) in [6.45, 7) is 4.87. The standard InChI is InChI=1S/C15H17NO2S/c1-10-3-5-12(6-4-10)11(2)16-8-14-7-13(9-19-14)15(17)18/h3-7,9,11,16H,8H2,1-2H3,(H,17,18)/t11-/m0/s1. The van der Waals surface area contributed by atoms with Crippen LogP contribution in [0.1, 0.15) is 39.3 Å². The van der Waals surface area contributed by atoms with Crippen molar-refractivity contribution in [2.45, 2.75) is 26.4 Å². The van der Waals surface area contributed by atoms with Gasteiger partial charge in [-0.25, -0.2) is 4.79 Å². The van der Waals surface area contributed by atoms with E-state index in [4.69, 9.17) is 5.11 Å². The van der Waals surface area contributed by atoms with E-state index in [1.165, 1.54) is 22.5 Å². The number of hydrogen-bond donors (Lipinski definition) is 2.